The van der Waals surface area contributed by atoms with Crippen molar-refractivity contribution in [1.82, 2.24) is 26.3 Å². The highest BCUT2D eigenvalue weighted by molar-refractivity contribution is 5.90. The Balaban J connectivity index is 1.09. The Kier molecular flexibility index (Phi) is 16.6. The summed E-state index contributed by atoms with van der Waals surface area (Å²) in [6.45, 7) is 8.32. The number of fused-ring (bicyclic) bond motifs is 12. The molecule has 2 bridgehead atoms. The number of nitrogens with one attached hydrogen (secondary N) is 5. The van der Waals surface area contributed by atoms with Crippen LogP contribution in [-0.4, -0.2) is 114 Å². The second kappa shape index (κ2) is 24.0. The fraction of sp³-hybridized carbons (Fsp3) is 0.455. The molecule has 0 radical (unpaired) electrons. The first-order valence-corrected chi connectivity index (χ1v) is 29.0. The van der Waals surface area contributed by atoms with E-state index in [1.807, 2.05) is 38.4 Å². The minimum atomic E-state index is -1.26. The molecule has 4 heterocycles. The van der Waals surface area contributed by atoms with Gasteiger partial charge in [-0.05, 0) is 176 Å². The summed E-state index contributed by atoms with van der Waals surface area (Å²) in [4.78, 5) is 3.40. The van der Waals surface area contributed by atoms with Gasteiger partial charge >= 0.3 is 0 Å². The van der Waals surface area contributed by atoms with E-state index in [4.69, 9.17) is 18.9 Å². The number of phenolic OH excluding ortho intramolecular Hbond substituents is 2. The van der Waals surface area contributed by atoms with Crippen molar-refractivity contribution >= 4 is 17.0 Å². The maximum atomic E-state index is 12.0. The van der Waals surface area contributed by atoms with E-state index in [0.29, 0.717) is 99.9 Å². The predicted octanol–water partition coefficient (Wildman–Crippen LogP) is 8.60. The number of rotatable bonds is 21. The number of hydrogen-bond donors (Lipinski definition) is 10. The summed E-state index contributed by atoms with van der Waals surface area (Å²) in [6.07, 6.45) is 8.72. The maximum Gasteiger partial charge on any atom is 0.161 e. The number of ether oxygens (including phenoxy) is 4. The summed E-state index contributed by atoms with van der Waals surface area (Å²) in [6, 6.07) is 26.5. The van der Waals surface area contributed by atoms with Crippen LogP contribution in [0.1, 0.15) is 121 Å². The molecule has 0 fully saturated rings. The standard InChI is InChI=1S/C66H79N5O9/c1-40(2)33-65(3,76)37-69-38-71-57-16-8-9-27-77-56-31-45(29-44(61(56)75)15-11-26-72)64-66(57,78-39-67-4)34-53-50-32-52-58(43-17-21-54-42(28-43)23-25-70-54)46(35-68-24-10-14-41-12-6-5-7-13-41)30-51-55(74)22-20-48(59(51)52)60(50)63-49(62(53)80-64)19-18-47(36-73)79-63/h5-7,12-13,17,20-23,25,28-31,40,47,52,57-58,64,67-76H,9-11,14-15,18-19,24,26-27,32-39H2,1-4H3/t47-,52-,57+,58-,64-,65+,66+/m1/s1. The van der Waals surface area contributed by atoms with Gasteiger partial charge in [0.2, 0.25) is 0 Å². The lowest BCUT2D eigenvalue weighted by atomic mass is 9.62. The number of hydrogen-bond acceptors (Lipinski definition) is 13. The number of aryl methyl sites for hydroxylation is 2. The van der Waals surface area contributed by atoms with Gasteiger partial charge in [0.1, 0.15) is 35.0 Å². The number of aromatic hydroxyl groups is 2. The van der Waals surface area contributed by atoms with E-state index in [1.54, 1.807) is 0 Å². The van der Waals surface area contributed by atoms with Crippen LogP contribution >= 0.6 is 0 Å². The monoisotopic (exact) mass is 1090 g/mol. The minimum Gasteiger partial charge on any atom is -0.507 e. The van der Waals surface area contributed by atoms with Crippen LogP contribution in [0.25, 0.3) is 28.1 Å². The number of aliphatic hydroxyl groups is 3. The van der Waals surface area contributed by atoms with E-state index >= 15 is 0 Å². The highest BCUT2D eigenvalue weighted by atomic mass is 16.6. The minimum absolute atomic E-state index is 0.0205. The number of aromatic nitrogens is 1. The summed E-state index contributed by atoms with van der Waals surface area (Å²) >= 11 is 0. The van der Waals surface area contributed by atoms with Crippen LogP contribution in [0, 0.1) is 17.8 Å². The summed E-state index contributed by atoms with van der Waals surface area (Å²) in [7, 11) is 1.86. The first kappa shape index (κ1) is 55.5. The summed E-state index contributed by atoms with van der Waals surface area (Å²) < 4.78 is 28.6. The number of aliphatic hydroxyl groups excluding tert-OH is 2. The van der Waals surface area contributed by atoms with E-state index in [1.165, 1.54) is 16.7 Å². The Morgan fingerprint density at radius 3 is 2.60 bits per heavy atom. The molecule has 14 nitrogen and oxygen atoms in total. The molecule has 11 rings (SSSR count). The SMILES string of the molecule is CNCO[C@]12Cc3c4c(c5c(c3O[C@@H]1c1cc(CCCO)c(O)c(c1)OCCC#C[C@@H]2NCNC[C@@](C)(O)CC(C)C)CC[C@H](CO)O5)-c1ccc(O)c2c1[C@H](C4)[C@H](c1ccc3[nH]ccc3c1)C(CNCCCc1ccccc1)=C2. The van der Waals surface area contributed by atoms with Crippen LogP contribution in [0.2, 0.25) is 0 Å². The number of H-pyrrole nitrogens is 1. The lowest BCUT2D eigenvalue weighted by Crippen LogP contribution is -2.62. The quantitative estimate of drug-likeness (QED) is 0.0187. The largest absolute Gasteiger partial charge is 0.507 e. The number of benzene rings is 5. The zero-order valence-corrected chi connectivity index (χ0v) is 46.7. The molecule has 0 amide bonds. The summed E-state index contributed by atoms with van der Waals surface area (Å²) in [5.41, 5.74) is 10.6. The molecule has 14 heteroatoms. The van der Waals surface area contributed by atoms with Gasteiger partial charge in [-0.2, -0.15) is 0 Å². The molecule has 1 aromatic heterocycles. The smallest absolute Gasteiger partial charge is 0.161 e. The molecule has 0 unspecified atom stereocenters. The van der Waals surface area contributed by atoms with Crippen molar-refractivity contribution in [2.24, 2.45) is 5.92 Å². The van der Waals surface area contributed by atoms with Crippen molar-refractivity contribution in [3.8, 4) is 51.7 Å². The van der Waals surface area contributed by atoms with Gasteiger partial charge in [-0.15, -0.1) is 0 Å². The molecule has 6 aromatic rings. The van der Waals surface area contributed by atoms with Gasteiger partial charge in [-0.1, -0.05) is 68.2 Å². The zero-order valence-electron chi connectivity index (χ0n) is 46.7. The summed E-state index contributed by atoms with van der Waals surface area (Å²) in [5.74, 6) is 9.07. The molecule has 0 saturated heterocycles. The Hall–Kier alpha value is -6.38. The third kappa shape index (κ3) is 11.1. The van der Waals surface area contributed by atoms with Crippen LogP contribution in [0.3, 0.4) is 0 Å². The average molecular weight is 1090 g/mol. The number of aromatic amines is 1. The summed E-state index contributed by atoms with van der Waals surface area (Å²) in [5, 5.41) is 71.6. The average Bonchev–Trinajstić information content (AvgIpc) is 4.07. The topological polar surface area (TPSA) is 202 Å². The van der Waals surface area contributed by atoms with E-state index in [0.717, 1.165) is 74.8 Å². The molecule has 5 aliphatic rings. The fourth-order valence-electron chi connectivity index (χ4n) is 13.6. The van der Waals surface area contributed by atoms with Crippen LogP contribution in [0.4, 0.5) is 0 Å². The van der Waals surface area contributed by atoms with Crippen molar-refractivity contribution in [3.63, 3.8) is 0 Å². The molecular weight excluding hydrogens is 1010 g/mol. The Morgan fingerprint density at radius 2 is 1.79 bits per heavy atom. The second-order valence-electron chi connectivity index (χ2n) is 23.4. The fourth-order valence-corrected chi connectivity index (χ4v) is 13.6. The van der Waals surface area contributed by atoms with Gasteiger partial charge in [0.15, 0.2) is 17.6 Å². The molecule has 422 valence electrons. The first-order valence-electron chi connectivity index (χ1n) is 29.0. The predicted molar refractivity (Wildman–Crippen MR) is 313 cm³/mol. The van der Waals surface area contributed by atoms with Gasteiger partial charge in [-0.3, -0.25) is 10.6 Å². The van der Waals surface area contributed by atoms with Gasteiger partial charge < -0.3 is 60.1 Å². The molecule has 5 aromatic carbocycles. The lowest BCUT2D eigenvalue weighted by Gasteiger charge is -2.50. The van der Waals surface area contributed by atoms with E-state index in [9.17, 15) is 25.5 Å². The van der Waals surface area contributed by atoms with Crippen LogP contribution in [-0.2, 0) is 36.8 Å². The highest BCUT2D eigenvalue weighted by Crippen LogP contribution is 2.62. The van der Waals surface area contributed by atoms with Gasteiger partial charge in [-0.25, -0.2) is 0 Å². The van der Waals surface area contributed by atoms with E-state index in [-0.39, 0.29) is 49.9 Å². The third-order valence-electron chi connectivity index (χ3n) is 17.0. The van der Waals surface area contributed by atoms with Crippen molar-refractivity contribution < 1.29 is 44.5 Å². The number of phenols is 2. The normalized spacial score (nSPS) is 22.4. The van der Waals surface area contributed by atoms with Crippen molar-refractivity contribution in [2.45, 2.75) is 126 Å². The van der Waals surface area contributed by atoms with E-state index < -0.39 is 29.5 Å². The first-order chi connectivity index (χ1) is 38.9. The second-order valence-corrected chi connectivity index (χ2v) is 23.4. The van der Waals surface area contributed by atoms with Crippen LogP contribution < -0.4 is 35.5 Å². The molecule has 0 spiro atoms. The third-order valence-corrected chi connectivity index (χ3v) is 17.0. The molecule has 3 aliphatic heterocycles. The van der Waals surface area contributed by atoms with Crippen LogP contribution in [0.5, 0.6) is 28.7 Å². The van der Waals surface area contributed by atoms with Crippen LogP contribution in [0.15, 0.2) is 90.6 Å². The Bertz CT molecular complexity index is 3290. The maximum absolute atomic E-state index is 12.0. The van der Waals surface area contributed by atoms with Gasteiger partial charge in [0, 0.05) is 79.1 Å². The molecular formula is C66H79N5O9. The molecule has 2 aliphatic carbocycles. The lowest BCUT2D eigenvalue weighted by molar-refractivity contribution is -0.141. The van der Waals surface area contributed by atoms with E-state index in [2.05, 4.69) is 119 Å². The van der Waals surface area contributed by atoms with Crippen molar-refractivity contribution in [3.05, 3.63) is 141 Å². The highest BCUT2D eigenvalue weighted by Gasteiger charge is 2.55. The Morgan fingerprint density at radius 1 is 0.925 bits per heavy atom. The zero-order chi connectivity index (χ0) is 55.5. The molecule has 10 N–H and O–H groups in total. The van der Waals surface area contributed by atoms with Crippen molar-refractivity contribution in [2.75, 3.05) is 59.9 Å². The molecule has 0 saturated carbocycles. The van der Waals surface area contributed by atoms with Crippen molar-refractivity contribution in [1.29, 1.82) is 0 Å². The van der Waals surface area contributed by atoms with Gasteiger partial charge in [0.05, 0.1) is 25.5 Å². The Labute approximate surface area is 470 Å². The molecule has 80 heavy (non-hydrogen) atoms. The van der Waals surface area contributed by atoms with Gasteiger partial charge in [0.25, 0.3) is 0 Å². The molecule has 7 atom stereocenters.